The van der Waals surface area contributed by atoms with Gasteiger partial charge in [0.25, 0.3) is 5.91 Å². The summed E-state index contributed by atoms with van der Waals surface area (Å²) in [5.74, 6) is 0.230. The van der Waals surface area contributed by atoms with Crippen LogP contribution in [0.2, 0.25) is 5.02 Å². The summed E-state index contributed by atoms with van der Waals surface area (Å²) in [5, 5.41) is 4.90. The average Bonchev–Trinajstić information content (AvgIpc) is 2.55. The molecule has 0 saturated carbocycles. The maximum Gasteiger partial charge on any atom is 0.271 e. The molecule has 2 aromatic rings. The number of halogens is 1. The summed E-state index contributed by atoms with van der Waals surface area (Å²) in [4.78, 5) is 12.2. The number of hydrazone groups is 1. The fourth-order valence-electron chi connectivity index (χ4n) is 2.22. The Hall–Kier alpha value is -2.13. The number of carbonyl (C=O) groups excluding carboxylic acids is 1. The molecule has 0 aromatic heterocycles. The van der Waals surface area contributed by atoms with Gasteiger partial charge in [0.2, 0.25) is 0 Å². The van der Waals surface area contributed by atoms with E-state index < -0.39 is 0 Å². The minimum atomic E-state index is -0.215. The van der Waals surface area contributed by atoms with E-state index in [0.717, 1.165) is 11.3 Å². The maximum atomic E-state index is 12.2. The van der Waals surface area contributed by atoms with Crippen molar-refractivity contribution in [3.63, 3.8) is 0 Å². The molecule has 0 aliphatic rings. The van der Waals surface area contributed by atoms with Gasteiger partial charge in [-0.1, -0.05) is 56.6 Å². The van der Waals surface area contributed by atoms with Gasteiger partial charge in [0, 0.05) is 10.6 Å². The molecule has 23 heavy (non-hydrogen) atoms. The third-order valence-electron chi connectivity index (χ3n) is 3.62. The third-order valence-corrected chi connectivity index (χ3v) is 3.86. The van der Waals surface area contributed by atoms with Crippen molar-refractivity contribution in [2.24, 2.45) is 5.10 Å². The summed E-state index contributed by atoms with van der Waals surface area (Å²) < 4.78 is 0. The molecule has 120 valence electrons. The van der Waals surface area contributed by atoms with Crippen molar-refractivity contribution in [1.82, 2.24) is 5.43 Å². The van der Waals surface area contributed by atoms with Gasteiger partial charge in [-0.05, 0) is 47.7 Å². The quantitative estimate of drug-likeness (QED) is 0.608. The molecule has 1 amide bonds. The molecule has 0 fully saturated rings. The molecule has 0 atom stereocenters. The van der Waals surface area contributed by atoms with Crippen LogP contribution in [0.4, 0.5) is 0 Å². The molecule has 2 rings (SSSR count). The lowest BCUT2D eigenvalue weighted by atomic mass is 10.0. The van der Waals surface area contributed by atoms with Crippen LogP contribution in [0.3, 0.4) is 0 Å². The molecular weight excluding hydrogens is 308 g/mol. The van der Waals surface area contributed by atoms with Crippen molar-refractivity contribution in [3.8, 4) is 0 Å². The van der Waals surface area contributed by atoms with Crippen LogP contribution in [0, 0.1) is 0 Å². The summed E-state index contributed by atoms with van der Waals surface area (Å²) in [6.45, 7) is 6.24. The molecular formula is C19H21ClN2O. The highest BCUT2D eigenvalue weighted by Gasteiger charge is 2.07. The molecule has 0 aliphatic carbocycles. The smallest absolute Gasteiger partial charge is 0.267 e. The lowest BCUT2D eigenvalue weighted by Crippen LogP contribution is -2.20. The van der Waals surface area contributed by atoms with Crippen LogP contribution in [-0.4, -0.2) is 11.6 Å². The normalized spacial score (nSPS) is 11.6. The first kappa shape index (κ1) is 17.2. The van der Waals surface area contributed by atoms with Crippen LogP contribution >= 0.6 is 11.6 Å². The van der Waals surface area contributed by atoms with Gasteiger partial charge in [-0.25, -0.2) is 5.43 Å². The largest absolute Gasteiger partial charge is 0.271 e. The average molecular weight is 329 g/mol. The summed E-state index contributed by atoms with van der Waals surface area (Å²) in [5.41, 5.74) is 6.13. The van der Waals surface area contributed by atoms with Crippen molar-refractivity contribution in [2.45, 2.75) is 33.1 Å². The molecule has 3 nitrogen and oxygen atoms in total. The zero-order chi connectivity index (χ0) is 16.8. The molecule has 2 aromatic carbocycles. The Labute approximate surface area is 142 Å². The molecule has 1 N–H and O–H groups in total. The summed E-state index contributed by atoms with van der Waals surface area (Å²) in [7, 11) is 0. The van der Waals surface area contributed by atoms with Gasteiger partial charge in [0.15, 0.2) is 0 Å². The number of nitrogens with one attached hydrogen (secondary N) is 1. The first-order valence-electron chi connectivity index (χ1n) is 7.74. The third kappa shape index (κ3) is 4.67. The van der Waals surface area contributed by atoms with Gasteiger partial charge in [-0.3, -0.25) is 4.79 Å². The van der Waals surface area contributed by atoms with Gasteiger partial charge >= 0.3 is 0 Å². The lowest BCUT2D eigenvalue weighted by molar-refractivity contribution is 0.0955. The van der Waals surface area contributed by atoms with E-state index in [1.807, 2.05) is 55.5 Å². The Morgan fingerprint density at radius 3 is 2.39 bits per heavy atom. The van der Waals surface area contributed by atoms with Crippen LogP contribution in [0.25, 0.3) is 0 Å². The van der Waals surface area contributed by atoms with Crippen molar-refractivity contribution in [1.29, 1.82) is 0 Å². The van der Waals surface area contributed by atoms with E-state index in [-0.39, 0.29) is 5.91 Å². The standard InChI is InChI=1S/C19H21ClN2O/c1-4-18(16-6-5-7-17(20)12-16)21-22-19(23)15-10-8-14(9-11-15)13(2)3/h5-13H,4H2,1-3H3,(H,22,23)/b21-18+. The number of amides is 1. The van der Waals surface area contributed by atoms with E-state index >= 15 is 0 Å². The molecule has 0 saturated heterocycles. The second-order valence-corrected chi connectivity index (χ2v) is 6.08. The van der Waals surface area contributed by atoms with E-state index in [2.05, 4.69) is 24.4 Å². The number of hydrogen-bond donors (Lipinski definition) is 1. The SMILES string of the molecule is CC/C(=N\NC(=O)c1ccc(C(C)C)cc1)c1cccc(Cl)c1. The van der Waals surface area contributed by atoms with Crippen LogP contribution in [0.5, 0.6) is 0 Å². The minimum Gasteiger partial charge on any atom is -0.267 e. The van der Waals surface area contributed by atoms with Crippen LogP contribution < -0.4 is 5.43 Å². The Morgan fingerprint density at radius 1 is 1.13 bits per heavy atom. The monoisotopic (exact) mass is 328 g/mol. The number of nitrogens with zero attached hydrogens (tertiary/aromatic N) is 1. The topological polar surface area (TPSA) is 41.5 Å². The van der Waals surface area contributed by atoms with Crippen LogP contribution in [0.15, 0.2) is 53.6 Å². The predicted octanol–water partition coefficient (Wildman–Crippen LogP) is 5.01. The highest BCUT2D eigenvalue weighted by molar-refractivity contribution is 6.31. The van der Waals surface area contributed by atoms with E-state index in [0.29, 0.717) is 22.9 Å². The first-order chi connectivity index (χ1) is 11.0. The second-order valence-electron chi connectivity index (χ2n) is 5.64. The van der Waals surface area contributed by atoms with E-state index in [9.17, 15) is 4.79 Å². The van der Waals surface area contributed by atoms with Crippen molar-refractivity contribution in [3.05, 3.63) is 70.2 Å². The molecule has 4 heteroatoms. The molecule has 0 spiro atoms. The van der Waals surface area contributed by atoms with E-state index in [1.54, 1.807) is 0 Å². The van der Waals surface area contributed by atoms with Crippen molar-refractivity contribution in [2.75, 3.05) is 0 Å². The minimum absolute atomic E-state index is 0.215. The highest BCUT2D eigenvalue weighted by Crippen LogP contribution is 2.15. The number of rotatable bonds is 5. The first-order valence-corrected chi connectivity index (χ1v) is 8.12. The van der Waals surface area contributed by atoms with Crippen LogP contribution in [0.1, 0.15) is 54.6 Å². The Balaban J connectivity index is 2.12. The Kier molecular flexibility index (Phi) is 5.94. The maximum absolute atomic E-state index is 12.2. The second kappa shape index (κ2) is 7.93. The molecule has 0 bridgehead atoms. The molecule has 0 unspecified atom stereocenters. The number of carbonyl (C=O) groups is 1. The predicted molar refractivity (Wildman–Crippen MR) is 96.3 cm³/mol. The molecule has 0 aliphatic heterocycles. The fourth-order valence-corrected chi connectivity index (χ4v) is 2.41. The summed E-state index contributed by atoms with van der Waals surface area (Å²) in [6.07, 6.45) is 0.701. The van der Waals surface area contributed by atoms with Crippen molar-refractivity contribution >= 4 is 23.2 Å². The van der Waals surface area contributed by atoms with Gasteiger partial charge in [-0.2, -0.15) is 5.10 Å². The van der Waals surface area contributed by atoms with E-state index in [4.69, 9.17) is 11.6 Å². The molecule has 0 radical (unpaired) electrons. The zero-order valence-electron chi connectivity index (χ0n) is 13.6. The van der Waals surface area contributed by atoms with Gasteiger partial charge in [-0.15, -0.1) is 0 Å². The lowest BCUT2D eigenvalue weighted by Gasteiger charge is -2.07. The molecule has 0 heterocycles. The summed E-state index contributed by atoms with van der Waals surface area (Å²) in [6, 6.07) is 15.0. The van der Waals surface area contributed by atoms with Gasteiger partial charge in [0.05, 0.1) is 5.71 Å². The number of benzene rings is 2. The Morgan fingerprint density at radius 2 is 1.83 bits per heavy atom. The fraction of sp³-hybridized carbons (Fsp3) is 0.263. The van der Waals surface area contributed by atoms with E-state index in [1.165, 1.54) is 5.56 Å². The zero-order valence-corrected chi connectivity index (χ0v) is 14.4. The van der Waals surface area contributed by atoms with Gasteiger partial charge in [0.1, 0.15) is 0 Å². The Bertz CT molecular complexity index is 706. The number of hydrogen-bond acceptors (Lipinski definition) is 2. The van der Waals surface area contributed by atoms with Gasteiger partial charge < -0.3 is 0 Å². The van der Waals surface area contributed by atoms with Crippen LogP contribution in [-0.2, 0) is 0 Å². The highest BCUT2D eigenvalue weighted by atomic mass is 35.5. The summed E-state index contributed by atoms with van der Waals surface area (Å²) >= 11 is 6.00. The van der Waals surface area contributed by atoms with Crippen molar-refractivity contribution < 1.29 is 4.79 Å².